The lowest BCUT2D eigenvalue weighted by Gasteiger charge is -2.19. The monoisotopic (exact) mass is 281 g/mol. The summed E-state index contributed by atoms with van der Waals surface area (Å²) in [5, 5.41) is 4.68. The van der Waals surface area contributed by atoms with Gasteiger partial charge in [-0.1, -0.05) is 30.1 Å². The normalized spacial score (nSPS) is 12.4. The molecule has 0 amide bonds. The zero-order chi connectivity index (χ0) is 13.0. The number of nitrogens with one attached hydrogen (secondary N) is 1. The first-order chi connectivity index (χ1) is 8.72. The van der Waals surface area contributed by atoms with Crippen molar-refractivity contribution < 1.29 is 0 Å². The molecule has 5 heteroatoms. The van der Waals surface area contributed by atoms with Gasteiger partial charge in [-0.05, 0) is 36.4 Å². The van der Waals surface area contributed by atoms with Crippen molar-refractivity contribution in [1.82, 2.24) is 15.3 Å². The van der Waals surface area contributed by atoms with Crippen LogP contribution in [0, 0.1) is 0 Å². The topological polar surface area (TPSA) is 37.8 Å². The summed E-state index contributed by atoms with van der Waals surface area (Å²) in [5.74, 6) is 0. The second-order valence-corrected chi connectivity index (χ2v) is 4.63. The highest BCUT2D eigenvalue weighted by atomic mass is 35.5. The van der Waals surface area contributed by atoms with Crippen LogP contribution in [0.2, 0.25) is 10.0 Å². The summed E-state index contributed by atoms with van der Waals surface area (Å²) in [7, 11) is 0. The highest BCUT2D eigenvalue weighted by Gasteiger charge is 2.17. The SMILES string of the molecule is CCNC(c1ccncn1)c1cc(Cl)ccc1Cl. The van der Waals surface area contributed by atoms with Gasteiger partial charge in [0, 0.05) is 16.2 Å². The van der Waals surface area contributed by atoms with E-state index >= 15 is 0 Å². The van der Waals surface area contributed by atoms with Gasteiger partial charge in [-0.2, -0.15) is 0 Å². The van der Waals surface area contributed by atoms with Gasteiger partial charge in [-0.25, -0.2) is 9.97 Å². The van der Waals surface area contributed by atoms with Crippen LogP contribution in [0.5, 0.6) is 0 Å². The molecule has 0 aliphatic rings. The largest absolute Gasteiger partial charge is 0.305 e. The fourth-order valence-electron chi connectivity index (χ4n) is 1.79. The Hall–Kier alpha value is -1.16. The molecular weight excluding hydrogens is 269 g/mol. The zero-order valence-corrected chi connectivity index (χ0v) is 11.4. The van der Waals surface area contributed by atoms with Gasteiger partial charge in [-0.15, -0.1) is 0 Å². The van der Waals surface area contributed by atoms with Crippen molar-refractivity contribution >= 4 is 23.2 Å². The van der Waals surface area contributed by atoms with E-state index in [1.54, 1.807) is 18.3 Å². The Balaban J connectivity index is 2.44. The predicted molar refractivity (Wildman–Crippen MR) is 74.0 cm³/mol. The number of halogens is 2. The fourth-order valence-corrected chi connectivity index (χ4v) is 2.19. The van der Waals surface area contributed by atoms with E-state index in [0.717, 1.165) is 17.8 Å². The van der Waals surface area contributed by atoms with Gasteiger partial charge in [0.15, 0.2) is 0 Å². The summed E-state index contributed by atoms with van der Waals surface area (Å²) < 4.78 is 0. The Labute approximate surface area is 116 Å². The maximum absolute atomic E-state index is 6.23. The first kappa shape index (κ1) is 13.3. The molecule has 0 radical (unpaired) electrons. The second-order valence-electron chi connectivity index (χ2n) is 3.79. The molecule has 0 aliphatic heterocycles. The van der Waals surface area contributed by atoms with Gasteiger partial charge in [-0.3, -0.25) is 0 Å². The maximum atomic E-state index is 6.23. The summed E-state index contributed by atoms with van der Waals surface area (Å²) in [5.41, 5.74) is 1.79. The summed E-state index contributed by atoms with van der Waals surface area (Å²) in [6.07, 6.45) is 3.24. The van der Waals surface area contributed by atoms with E-state index in [9.17, 15) is 0 Å². The van der Waals surface area contributed by atoms with E-state index in [1.165, 1.54) is 6.33 Å². The first-order valence-electron chi connectivity index (χ1n) is 5.66. The highest BCUT2D eigenvalue weighted by molar-refractivity contribution is 6.33. The van der Waals surface area contributed by atoms with Gasteiger partial charge < -0.3 is 5.32 Å². The third-order valence-corrected chi connectivity index (χ3v) is 3.16. The maximum Gasteiger partial charge on any atom is 0.115 e. The molecule has 1 aromatic heterocycles. The minimum atomic E-state index is -0.0794. The highest BCUT2D eigenvalue weighted by Crippen LogP contribution is 2.29. The first-order valence-corrected chi connectivity index (χ1v) is 6.42. The van der Waals surface area contributed by atoms with Crippen molar-refractivity contribution in [3.8, 4) is 0 Å². The second kappa shape index (κ2) is 6.14. The molecule has 1 N–H and O–H groups in total. The zero-order valence-electron chi connectivity index (χ0n) is 9.90. The van der Waals surface area contributed by atoms with Crippen LogP contribution >= 0.6 is 23.2 Å². The van der Waals surface area contributed by atoms with Crippen molar-refractivity contribution in [1.29, 1.82) is 0 Å². The van der Waals surface area contributed by atoms with Crippen LogP contribution < -0.4 is 5.32 Å². The summed E-state index contributed by atoms with van der Waals surface area (Å²) in [4.78, 5) is 8.19. The Morgan fingerprint density at radius 2 is 2.11 bits per heavy atom. The van der Waals surface area contributed by atoms with Gasteiger partial charge >= 0.3 is 0 Å². The Morgan fingerprint density at radius 3 is 2.78 bits per heavy atom. The standard InChI is InChI=1S/C13H13Cl2N3/c1-2-17-13(12-5-6-16-8-18-12)10-7-9(14)3-4-11(10)15/h3-8,13,17H,2H2,1H3. The lowest BCUT2D eigenvalue weighted by Crippen LogP contribution is -2.23. The smallest absolute Gasteiger partial charge is 0.115 e. The van der Waals surface area contributed by atoms with Crippen molar-refractivity contribution in [2.45, 2.75) is 13.0 Å². The number of benzene rings is 1. The van der Waals surface area contributed by atoms with E-state index in [4.69, 9.17) is 23.2 Å². The van der Waals surface area contributed by atoms with Gasteiger partial charge in [0.1, 0.15) is 6.33 Å². The van der Waals surface area contributed by atoms with Crippen LogP contribution in [0.4, 0.5) is 0 Å². The molecule has 1 atom stereocenters. The molecule has 3 nitrogen and oxygen atoms in total. The van der Waals surface area contributed by atoms with Crippen LogP contribution in [0.3, 0.4) is 0 Å². The molecule has 0 aliphatic carbocycles. The lowest BCUT2D eigenvalue weighted by atomic mass is 10.0. The Kier molecular flexibility index (Phi) is 4.53. The van der Waals surface area contributed by atoms with E-state index in [0.29, 0.717) is 10.0 Å². The van der Waals surface area contributed by atoms with Crippen LogP contribution in [-0.4, -0.2) is 16.5 Å². The van der Waals surface area contributed by atoms with Crippen molar-refractivity contribution in [2.24, 2.45) is 0 Å². The van der Waals surface area contributed by atoms with Gasteiger partial charge in [0.2, 0.25) is 0 Å². The van der Waals surface area contributed by atoms with Crippen LogP contribution in [0.1, 0.15) is 24.2 Å². The summed E-state index contributed by atoms with van der Waals surface area (Å²) in [6.45, 7) is 2.84. The van der Waals surface area contributed by atoms with Crippen LogP contribution in [-0.2, 0) is 0 Å². The Morgan fingerprint density at radius 1 is 1.28 bits per heavy atom. The predicted octanol–water partition coefficient (Wildman–Crippen LogP) is 3.48. The number of aromatic nitrogens is 2. The average Bonchev–Trinajstić information content (AvgIpc) is 2.40. The molecular formula is C13H13Cl2N3. The number of hydrogen-bond donors (Lipinski definition) is 1. The van der Waals surface area contributed by atoms with Gasteiger partial charge in [0.05, 0.1) is 11.7 Å². The molecule has 1 aromatic carbocycles. The molecule has 1 heterocycles. The average molecular weight is 282 g/mol. The molecule has 0 saturated carbocycles. The fraction of sp³-hybridized carbons (Fsp3) is 0.231. The molecule has 0 fully saturated rings. The van der Waals surface area contributed by atoms with Crippen molar-refractivity contribution in [3.63, 3.8) is 0 Å². The van der Waals surface area contributed by atoms with Crippen molar-refractivity contribution in [3.05, 3.63) is 58.1 Å². The van der Waals surface area contributed by atoms with Crippen molar-refractivity contribution in [2.75, 3.05) is 6.54 Å². The molecule has 0 bridgehead atoms. The van der Waals surface area contributed by atoms with E-state index in [-0.39, 0.29) is 6.04 Å². The van der Waals surface area contributed by atoms with E-state index in [1.807, 2.05) is 19.1 Å². The molecule has 2 aromatic rings. The molecule has 0 spiro atoms. The molecule has 1 unspecified atom stereocenters. The van der Waals surface area contributed by atoms with E-state index in [2.05, 4.69) is 15.3 Å². The third-order valence-electron chi connectivity index (χ3n) is 2.58. The number of nitrogens with zero attached hydrogens (tertiary/aromatic N) is 2. The Bertz CT molecular complexity index is 517. The quantitative estimate of drug-likeness (QED) is 0.932. The molecule has 18 heavy (non-hydrogen) atoms. The minimum absolute atomic E-state index is 0.0794. The third kappa shape index (κ3) is 2.99. The molecule has 94 valence electrons. The minimum Gasteiger partial charge on any atom is -0.305 e. The number of rotatable bonds is 4. The summed E-state index contributed by atoms with van der Waals surface area (Å²) in [6, 6.07) is 7.22. The van der Waals surface area contributed by atoms with Gasteiger partial charge in [0.25, 0.3) is 0 Å². The lowest BCUT2D eigenvalue weighted by molar-refractivity contribution is 0.614. The summed E-state index contributed by atoms with van der Waals surface area (Å²) >= 11 is 12.3. The number of hydrogen-bond acceptors (Lipinski definition) is 3. The molecule has 0 saturated heterocycles. The van der Waals surface area contributed by atoms with Crippen LogP contribution in [0.15, 0.2) is 36.8 Å². The molecule has 2 rings (SSSR count). The van der Waals surface area contributed by atoms with Crippen LogP contribution in [0.25, 0.3) is 0 Å². The van der Waals surface area contributed by atoms with E-state index < -0.39 is 0 Å².